The fourth-order valence-electron chi connectivity index (χ4n) is 5.00. The van der Waals surface area contributed by atoms with Crippen molar-refractivity contribution in [1.29, 1.82) is 0 Å². The number of pyridine rings is 1. The van der Waals surface area contributed by atoms with E-state index in [0.717, 1.165) is 53.7 Å². The van der Waals surface area contributed by atoms with Gasteiger partial charge in [0.15, 0.2) is 0 Å². The van der Waals surface area contributed by atoms with E-state index >= 15 is 0 Å². The Labute approximate surface area is 194 Å². The minimum Gasteiger partial charge on any atom is -0.485 e. The summed E-state index contributed by atoms with van der Waals surface area (Å²) in [5.41, 5.74) is 5.61. The molecule has 2 heterocycles. The fraction of sp³-hybridized carbons (Fsp3) is 0.357. The van der Waals surface area contributed by atoms with Crippen LogP contribution in [0.5, 0.6) is 11.6 Å². The second-order valence-corrected chi connectivity index (χ2v) is 9.21. The van der Waals surface area contributed by atoms with Crippen molar-refractivity contribution in [3.05, 3.63) is 77.5 Å². The van der Waals surface area contributed by atoms with Gasteiger partial charge in [0.05, 0.1) is 13.0 Å². The lowest BCUT2D eigenvalue weighted by Gasteiger charge is -2.29. The van der Waals surface area contributed by atoms with Crippen LogP contribution in [0.25, 0.3) is 11.1 Å². The molecule has 1 saturated carbocycles. The van der Waals surface area contributed by atoms with Gasteiger partial charge in [0.2, 0.25) is 5.88 Å². The van der Waals surface area contributed by atoms with E-state index in [9.17, 15) is 9.90 Å². The van der Waals surface area contributed by atoms with Crippen molar-refractivity contribution in [3.63, 3.8) is 0 Å². The van der Waals surface area contributed by atoms with Crippen molar-refractivity contribution in [3.8, 4) is 22.8 Å². The predicted octanol–water partition coefficient (Wildman–Crippen LogP) is 6.04. The van der Waals surface area contributed by atoms with Gasteiger partial charge in [-0.15, -0.1) is 0 Å². The molecule has 0 amide bonds. The van der Waals surface area contributed by atoms with Crippen LogP contribution in [0.1, 0.15) is 54.9 Å². The molecule has 2 unspecified atom stereocenters. The summed E-state index contributed by atoms with van der Waals surface area (Å²) in [6, 6.07) is 18.7. The largest absolute Gasteiger partial charge is 0.485 e. The lowest BCUT2D eigenvalue weighted by Crippen LogP contribution is -2.21. The van der Waals surface area contributed by atoms with Crippen molar-refractivity contribution in [2.75, 3.05) is 7.11 Å². The summed E-state index contributed by atoms with van der Waals surface area (Å²) < 4.78 is 11.7. The molecule has 5 nitrogen and oxygen atoms in total. The third-order valence-electron chi connectivity index (χ3n) is 7.04. The number of aryl methyl sites for hydroxylation is 1. The summed E-state index contributed by atoms with van der Waals surface area (Å²) in [6.07, 6.45) is 5.83. The van der Waals surface area contributed by atoms with E-state index < -0.39 is 11.9 Å². The Hall–Kier alpha value is -3.34. The Kier molecular flexibility index (Phi) is 5.79. The molecule has 1 aliphatic heterocycles. The molecule has 5 rings (SSSR count). The normalized spacial score (nSPS) is 19.2. The predicted molar refractivity (Wildman–Crippen MR) is 127 cm³/mol. The second-order valence-electron chi connectivity index (χ2n) is 9.21. The average Bonchev–Trinajstić information content (AvgIpc) is 3.69. The molecule has 0 saturated heterocycles. The molecule has 0 radical (unpaired) electrons. The highest BCUT2D eigenvalue weighted by Crippen LogP contribution is 2.48. The van der Waals surface area contributed by atoms with Crippen LogP contribution < -0.4 is 9.47 Å². The third kappa shape index (κ3) is 4.45. The number of methoxy groups -OCH3 is 1. The fourth-order valence-corrected chi connectivity index (χ4v) is 5.00. The molecule has 1 aliphatic carbocycles. The van der Waals surface area contributed by atoms with E-state index in [4.69, 9.17) is 9.47 Å². The van der Waals surface area contributed by atoms with Crippen LogP contribution in [0, 0.1) is 11.8 Å². The van der Waals surface area contributed by atoms with Crippen LogP contribution in [0.15, 0.2) is 60.8 Å². The molecule has 1 fully saturated rings. The highest BCUT2D eigenvalue weighted by Gasteiger charge is 2.39. The van der Waals surface area contributed by atoms with Gasteiger partial charge in [0.1, 0.15) is 11.9 Å². The maximum atomic E-state index is 11.7. The molecule has 1 N–H and O–H groups in total. The number of carbonyl (C=O) groups is 1. The number of aliphatic carboxylic acids is 1. The number of benzene rings is 2. The minimum atomic E-state index is -0.727. The van der Waals surface area contributed by atoms with Gasteiger partial charge in [0, 0.05) is 12.3 Å². The van der Waals surface area contributed by atoms with Gasteiger partial charge in [-0.3, -0.25) is 4.79 Å². The van der Waals surface area contributed by atoms with Crippen molar-refractivity contribution >= 4 is 5.97 Å². The standard InChI is InChI=1S/C28H29NO4/c1-17(28(30)31)27(21-8-9-21)23-10-7-20-11-12-24(33-25(20)15-23)19-5-3-18(4-6-19)22-13-14-29-26(16-22)32-2/h3-7,10,13-17,21,24,27H,8-9,11-12H2,1-2H3,(H,30,31)/t17-,24?,27?/m0/s1. The van der Waals surface area contributed by atoms with Crippen molar-refractivity contribution < 1.29 is 19.4 Å². The van der Waals surface area contributed by atoms with Crippen molar-refractivity contribution in [2.45, 2.75) is 44.6 Å². The molecule has 3 aromatic rings. The second kappa shape index (κ2) is 8.89. The van der Waals surface area contributed by atoms with Gasteiger partial charge in [-0.25, -0.2) is 4.98 Å². The number of carboxylic acids is 1. The first-order valence-corrected chi connectivity index (χ1v) is 11.7. The maximum absolute atomic E-state index is 11.7. The van der Waals surface area contributed by atoms with Gasteiger partial charge in [-0.2, -0.15) is 0 Å². The summed E-state index contributed by atoms with van der Waals surface area (Å²) in [5, 5.41) is 9.61. The Morgan fingerprint density at radius 3 is 2.55 bits per heavy atom. The lowest BCUT2D eigenvalue weighted by atomic mass is 9.82. The van der Waals surface area contributed by atoms with Gasteiger partial charge < -0.3 is 14.6 Å². The number of carboxylic acid groups (broad SMARTS) is 1. The molecule has 3 atom stereocenters. The summed E-state index contributed by atoms with van der Waals surface area (Å²) in [5.74, 6) is 0.891. The van der Waals surface area contributed by atoms with Crippen molar-refractivity contribution in [1.82, 2.24) is 4.98 Å². The Morgan fingerprint density at radius 2 is 1.85 bits per heavy atom. The van der Waals surface area contributed by atoms with E-state index in [2.05, 4.69) is 47.4 Å². The van der Waals surface area contributed by atoms with Crippen LogP contribution >= 0.6 is 0 Å². The molecular formula is C28H29NO4. The first-order chi connectivity index (χ1) is 16.0. The number of nitrogens with zero attached hydrogens (tertiary/aromatic N) is 1. The van der Waals surface area contributed by atoms with E-state index in [1.54, 1.807) is 13.3 Å². The summed E-state index contributed by atoms with van der Waals surface area (Å²) in [7, 11) is 1.62. The zero-order valence-electron chi connectivity index (χ0n) is 19.0. The molecule has 170 valence electrons. The van der Waals surface area contributed by atoms with Crippen molar-refractivity contribution in [2.24, 2.45) is 11.8 Å². The smallest absolute Gasteiger partial charge is 0.306 e. The molecule has 2 aromatic carbocycles. The van der Waals surface area contributed by atoms with E-state index in [1.807, 2.05) is 19.1 Å². The SMILES string of the molecule is COc1cc(-c2ccc(C3CCc4ccc(C(C5CC5)[C@H](C)C(=O)O)cc4O3)cc2)ccn1. The van der Waals surface area contributed by atoms with Crippen LogP contribution in [-0.4, -0.2) is 23.2 Å². The maximum Gasteiger partial charge on any atom is 0.306 e. The van der Waals surface area contributed by atoms with Crippen LogP contribution in [-0.2, 0) is 11.2 Å². The van der Waals surface area contributed by atoms with E-state index in [1.165, 1.54) is 5.56 Å². The number of fused-ring (bicyclic) bond motifs is 1. The molecule has 0 spiro atoms. The first kappa shape index (κ1) is 21.5. The zero-order chi connectivity index (χ0) is 22.9. The topological polar surface area (TPSA) is 68.7 Å². The number of aromatic nitrogens is 1. The summed E-state index contributed by atoms with van der Waals surface area (Å²) in [4.78, 5) is 15.9. The van der Waals surface area contributed by atoms with E-state index in [-0.39, 0.29) is 12.0 Å². The first-order valence-electron chi connectivity index (χ1n) is 11.7. The molecule has 1 aromatic heterocycles. The van der Waals surface area contributed by atoms with Gasteiger partial charge >= 0.3 is 5.97 Å². The third-order valence-corrected chi connectivity index (χ3v) is 7.04. The zero-order valence-corrected chi connectivity index (χ0v) is 19.0. The molecular weight excluding hydrogens is 414 g/mol. The lowest BCUT2D eigenvalue weighted by molar-refractivity contribution is -0.142. The number of ether oxygens (including phenoxy) is 2. The van der Waals surface area contributed by atoms with Gasteiger partial charge in [0.25, 0.3) is 0 Å². The van der Waals surface area contributed by atoms with Crippen LogP contribution in [0.2, 0.25) is 0 Å². The summed E-state index contributed by atoms with van der Waals surface area (Å²) >= 11 is 0. The van der Waals surface area contributed by atoms with Crippen LogP contribution in [0.3, 0.4) is 0 Å². The molecule has 5 heteroatoms. The van der Waals surface area contributed by atoms with Gasteiger partial charge in [-0.05, 0) is 77.5 Å². The number of hydrogen-bond acceptors (Lipinski definition) is 4. The molecule has 33 heavy (non-hydrogen) atoms. The minimum absolute atomic E-state index is 0.00921. The summed E-state index contributed by atoms with van der Waals surface area (Å²) in [6.45, 7) is 1.83. The number of hydrogen-bond donors (Lipinski definition) is 1. The average molecular weight is 444 g/mol. The monoisotopic (exact) mass is 443 g/mol. The van der Waals surface area contributed by atoms with Crippen LogP contribution in [0.4, 0.5) is 0 Å². The highest BCUT2D eigenvalue weighted by atomic mass is 16.5. The van der Waals surface area contributed by atoms with Gasteiger partial charge in [-0.1, -0.05) is 43.3 Å². The number of rotatable bonds is 7. The highest BCUT2D eigenvalue weighted by molar-refractivity contribution is 5.71. The van der Waals surface area contributed by atoms with E-state index in [0.29, 0.717) is 11.8 Å². The Balaban J connectivity index is 1.36. The molecule has 2 aliphatic rings. The quantitative estimate of drug-likeness (QED) is 0.482. The molecule has 0 bridgehead atoms. The Morgan fingerprint density at radius 1 is 1.06 bits per heavy atom. The Bertz CT molecular complexity index is 1150.